The minimum absolute atomic E-state index is 0.0473. The third-order valence-electron chi connectivity index (χ3n) is 4.64. The lowest BCUT2D eigenvalue weighted by Crippen LogP contribution is -2.43. The average molecular weight is 461 g/mol. The molecule has 0 bridgehead atoms. The van der Waals surface area contributed by atoms with E-state index in [2.05, 4.69) is 21.2 Å². The summed E-state index contributed by atoms with van der Waals surface area (Å²) in [4.78, 5) is 22.9. The number of hydrogen-bond acceptors (Lipinski definition) is 4. The van der Waals surface area contributed by atoms with Crippen LogP contribution in [0.25, 0.3) is 0 Å². The molecule has 150 valence electrons. The molecule has 1 amide bonds. The minimum Gasteiger partial charge on any atom is -0.481 e. The van der Waals surface area contributed by atoms with Crippen molar-refractivity contribution in [2.75, 3.05) is 19.6 Å². The number of piperidine rings is 1. The lowest BCUT2D eigenvalue weighted by atomic mass is 9.97. The van der Waals surface area contributed by atoms with E-state index in [1.165, 1.54) is 4.31 Å². The van der Waals surface area contributed by atoms with E-state index in [1.807, 2.05) is 0 Å². The van der Waals surface area contributed by atoms with Gasteiger partial charge >= 0.3 is 5.97 Å². The van der Waals surface area contributed by atoms with Crippen molar-refractivity contribution in [3.8, 4) is 0 Å². The van der Waals surface area contributed by atoms with Crippen molar-refractivity contribution in [2.24, 2.45) is 5.92 Å². The van der Waals surface area contributed by atoms with Crippen LogP contribution in [0, 0.1) is 5.92 Å². The Kier molecular flexibility index (Phi) is 8.25. The summed E-state index contributed by atoms with van der Waals surface area (Å²) >= 11 is 3.29. The van der Waals surface area contributed by atoms with Gasteiger partial charge in [-0.2, -0.15) is 4.31 Å². The zero-order valence-electron chi connectivity index (χ0n) is 15.1. The van der Waals surface area contributed by atoms with Gasteiger partial charge in [0.25, 0.3) is 0 Å². The predicted molar refractivity (Wildman–Crippen MR) is 105 cm³/mol. The summed E-state index contributed by atoms with van der Waals surface area (Å²) in [5, 5.41) is 11.4. The Labute approximate surface area is 168 Å². The second kappa shape index (κ2) is 10.2. The van der Waals surface area contributed by atoms with E-state index < -0.39 is 16.0 Å². The molecule has 0 atom stereocenters. The highest BCUT2D eigenvalue weighted by atomic mass is 79.9. The molecule has 1 heterocycles. The highest BCUT2D eigenvalue weighted by Crippen LogP contribution is 2.25. The maximum absolute atomic E-state index is 12.7. The second-order valence-electron chi connectivity index (χ2n) is 6.63. The van der Waals surface area contributed by atoms with Gasteiger partial charge in [0.2, 0.25) is 15.9 Å². The number of carboxylic acids is 1. The molecule has 1 aromatic rings. The Morgan fingerprint density at radius 2 is 1.74 bits per heavy atom. The number of rotatable bonds is 9. The molecule has 1 aromatic carbocycles. The summed E-state index contributed by atoms with van der Waals surface area (Å²) in [6, 6.07) is 6.54. The highest BCUT2D eigenvalue weighted by Gasteiger charge is 2.31. The zero-order chi connectivity index (χ0) is 19.9. The summed E-state index contributed by atoms with van der Waals surface area (Å²) in [5.41, 5.74) is 0. The van der Waals surface area contributed by atoms with Gasteiger partial charge in [0.1, 0.15) is 0 Å². The fourth-order valence-electron chi connectivity index (χ4n) is 3.05. The number of sulfonamides is 1. The normalized spacial score (nSPS) is 16.2. The topological polar surface area (TPSA) is 104 Å². The minimum atomic E-state index is -3.53. The number of carbonyl (C=O) groups is 2. The fraction of sp³-hybridized carbons (Fsp3) is 0.556. The van der Waals surface area contributed by atoms with Crippen molar-refractivity contribution in [2.45, 2.75) is 43.4 Å². The smallest absolute Gasteiger partial charge is 0.303 e. The van der Waals surface area contributed by atoms with Crippen LogP contribution in [-0.2, 0) is 19.6 Å². The Hall–Kier alpha value is -1.45. The van der Waals surface area contributed by atoms with Gasteiger partial charge in [0, 0.05) is 36.4 Å². The molecule has 1 fully saturated rings. The number of amides is 1. The quantitative estimate of drug-likeness (QED) is 0.551. The largest absolute Gasteiger partial charge is 0.481 e. The van der Waals surface area contributed by atoms with E-state index in [1.54, 1.807) is 24.3 Å². The van der Waals surface area contributed by atoms with Gasteiger partial charge < -0.3 is 10.4 Å². The summed E-state index contributed by atoms with van der Waals surface area (Å²) in [7, 11) is -3.53. The number of carboxylic acid groups (broad SMARTS) is 1. The Morgan fingerprint density at radius 1 is 1.11 bits per heavy atom. The molecule has 1 saturated heterocycles. The molecule has 1 aliphatic heterocycles. The molecule has 0 spiro atoms. The highest BCUT2D eigenvalue weighted by molar-refractivity contribution is 9.10. The van der Waals surface area contributed by atoms with E-state index in [-0.39, 0.29) is 23.1 Å². The van der Waals surface area contributed by atoms with Gasteiger partial charge in [-0.15, -0.1) is 0 Å². The predicted octanol–water partition coefficient (Wildman–Crippen LogP) is 2.61. The summed E-state index contributed by atoms with van der Waals surface area (Å²) < 4.78 is 27.6. The van der Waals surface area contributed by atoms with Gasteiger partial charge in [-0.1, -0.05) is 22.4 Å². The van der Waals surface area contributed by atoms with Gasteiger partial charge in [0.05, 0.1) is 4.90 Å². The Morgan fingerprint density at radius 3 is 2.33 bits per heavy atom. The number of aliphatic carboxylic acids is 1. The molecule has 0 saturated carbocycles. The third kappa shape index (κ3) is 6.58. The van der Waals surface area contributed by atoms with Crippen molar-refractivity contribution in [1.82, 2.24) is 9.62 Å². The monoisotopic (exact) mass is 460 g/mol. The number of nitrogens with one attached hydrogen (secondary N) is 1. The molecular formula is C18H25BrN2O5S. The van der Waals surface area contributed by atoms with Gasteiger partial charge in [-0.25, -0.2) is 8.42 Å². The SMILES string of the molecule is O=C(O)CCCCCNC(=O)C1CCN(S(=O)(=O)c2ccc(Br)cc2)CC1. The number of nitrogens with zero attached hydrogens (tertiary/aromatic N) is 1. The van der Waals surface area contributed by atoms with Gasteiger partial charge in [-0.3, -0.25) is 9.59 Å². The van der Waals surface area contributed by atoms with Crippen molar-refractivity contribution in [3.63, 3.8) is 0 Å². The van der Waals surface area contributed by atoms with Crippen LogP contribution in [0.3, 0.4) is 0 Å². The number of benzene rings is 1. The maximum atomic E-state index is 12.7. The molecule has 0 aromatic heterocycles. The van der Waals surface area contributed by atoms with Crippen molar-refractivity contribution >= 4 is 37.8 Å². The molecule has 0 unspecified atom stereocenters. The first-order valence-corrected chi connectivity index (χ1v) is 11.3. The molecule has 0 radical (unpaired) electrons. The molecule has 7 nitrogen and oxygen atoms in total. The number of hydrogen-bond donors (Lipinski definition) is 2. The average Bonchev–Trinajstić information content (AvgIpc) is 2.64. The van der Waals surface area contributed by atoms with Crippen LogP contribution in [0.2, 0.25) is 0 Å². The van der Waals surface area contributed by atoms with Gasteiger partial charge in [-0.05, 0) is 49.9 Å². The zero-order valence-corrected chi connectivity index (χ0v) is 17.5. The first-order chi connectivity index (χ1) is 12.8. The second-order valence-corrected chi connectivity index (χ2v) is 9.48. The summed E-state index contributed by atoms with van der Waals surface area (Å²) in [6.07, 6.45) is 3.27. The van der Waals surface area contributed by atoms with Crippen molar-refractivity contribution in [1.29, 1.82) is 0 Å². The molecule has 9 heteroatoms. The number of unbranched alkanes of at least 4 members (excludes halogenated alkanes) is 2. The Balaban J connectivity index is 1.75. The van der Waals surface area contributed by atoms with Crippen LogP contribution >= 0.6 is 15.9 Å². The first kappa shape index (κ1) is 21.8. The van der Waals surface area contributed by atoms with E-state index in [0.717, 1.165) is 17.3 Å². The Bertz CT molecular complexity index is 744. The van der Waals surface area contributed by atoms with Crippen LogP contribution < -0.4 is 5.32 Å². The molecule has 0 aliphatic carbocycles. The molecular weight excluding hydrogens is 436 g/mol. The maximum Gasteiger partial charge on any atom is 0.303 e. The van der Waals surface area contributed by atoms with Crippen LogP contribution in [0.1, 0.15) is 38.5 Å². The number of halogens is 1. The summed E-state index contributed by atoms with van der Waals surface area (Å²) in [5.74, 6) is -1.03. The molecule has 1 aliphatic rings. The van der Waals surface area contributed by atoms with Crippen LogP contribution in [-0.4, -0.2) is 49.3 Å². The molecule has 2 N–H and O–H groups in total. The summed E-state index contributed by atoms with van der Waals surface area (Å²) in [6.45, 7) is 1.18. The van der Waals surface area contributed by atoms with E-state index in [4.69, 9.17) is 5.11 Å². The lowest BCUT2D eigenvalue weighted by Gasteiger charge is -2.30. The van der Waals surface area contributed by atoms with Crippen LogP contribution in [0.5, 0.6) is 0 Å². The third-order valence-corrected chi connectivity index (χ3v) is 7.08. The first-order valence-electron chi connectivity index (χ1n) is 9.06. The molecule has 2 rings (SSSR count). The van der Waals surface area contributed by atoms with E-state index in [0.29, 0.717) is 38.9 Å². The van der Waals surface area contributed by atoms with Crippen molar-refractivity contribution < 1.29 is 23.1 Å². The standard InChI is InChI=1S/C18H25BrN2O5S/c19-15-5-7-16(8-6-15)27(25,26)21-12-9-14(10-13-21)18(24)20-11-3-1-2-4-17(22)23/h5-8,14H,1-4,9-13H2,(H,20,24)(H,22,23). The van der Waals surface area contributed by atoms with E-state index >= 15 is 0 Å². The van der Waals surface area contributed by atoms with Gasteiger partial charge in [0.15, 0.2) is 0 Å². The lowest BCUT2D eigenvalue weighted by molar-refractivity contribution is -0.137. The molecule has 27 heavy (non-hydrogen) atoms. The van der Waals surface area contributed by atoms with E-state index in [9.17, 15) is 18.0 Å². The van der Waals surface area contributed by atoms with Crippen LogP contribution in [0.4, 0.5) is 0 Å². The fourth-order valence-corrected chi connectivity index (χ4v) is 4.78. The number of carbonyl (C=O) groups excluding carboxylic acids is 1. The van der Waals surface area contributed by atoms with Crippen molar-refractivity contribution in [3.05, 3.63) is 28.7 Å². The van der Waals surface area contributed by atoms with Crippen LogP contribution in [0.15, 0.2) is 33.6 Å².